The van der Waals surface area contributed by atoms with E-state index in [4.69, 9.17) is 4.74 Å². The zero-order chi connectivity index (χ0) is 15.3. The second-order valence-corrected chi connectivity index (χ2v) is 6.07. The van der Waals surface area contributed by atoms with Crippen LogP contribution >= 0.6 is 0 Å². The molecule has 21 heavy (non-hydrogen) atoms. The van der Waals surface area contributed by atoms with Crippen LogP contribution < -0.4 is 10.1 Å². The third-order valence-electron chi connectivity index (χ3n) is 4.39. The molecule has 0 amide bonds. The smallest absolute Gasteiger partial charge is 0.152 e. The lowest BCUT2D eigenvalue weighted by Gasteiger charge is -2.40. The van der Waals surface area contributed by atoms with E-state index < -0.39 is 0 Å². The van der Waals surface area contributed by atoms with Crippen LogP contribution in [0.1, 0.15) is 25.8 Å². The van der Waals surface area contributed by atoms with Gasteiger partial charge in [0.2, 0.25) is 0 Å². The summed E-state index contributed by atoms with van der Waals surface area (Å²) >= 11 is 0. The number of nitrogens with one attached hydrogen (secondary N) is 1. The molecule has 0 aromatic heterocycles. The highest BCUT2D eigenvalue weighted by atomic mass is 16.5. The van der Waals surface area contributed by atoms with Gasteiger partial charge in [0.05, 0.1) is 12.6 Å². The maximum absolute atomic E-state index is 12.6. The summed E-state index contributed by atoms with van der Waals surface area (Å²) in [6.07, 6.45) is 1.38. The van der Waals surface area contributed by atoms with Gasteiger partial charge in [0.1, 0.15) is 5.75 Å². The molecule has 1 N–H and O–H groups in total. The third kappa shape index (κ3) is 4.05. The highest BCUT2D eigenvalue weighted by Crippen LogP contribution is 2.20. The Balaban J connectivity index is 1.90. The lowest BCUT2D eigenvalue weighted by molar-refractivity contribution is -0.129. The molecule has 2 rings (SSSR count). The first-order valence-electron chi connectivity index (χ1n) is 7.66. The Morgan fingerprint density at radius 3 is 2.43 bits per heavy atom. The van der Waals surface area contributed by atoms with Crippen molar-refractivity contribution >= 4 is 5.78 Å². The van der Waals surface area contributed by atoms with Crippen molar-refractivity contribution in [2.24, 2.45) is 0 Å². The molecule has 0 aliphatic carbocycles. The molecule has 1 saturated heterocycles. The number of ether oxygens (including phenoxy) is 1. The second kappa shape index (κ2) is 7.05. The molecule has 0 unspecified atom stereocenters. The van der Waals surface area contributed by atoms with E-state index in [1.54, 1.807) is 7.11 Å². The molecule has 0 bridgehead atoms. The molecule has 0 spiro atoms. The standard InChI is InChI=1S/C17H26N2O2/c1-17(2,19-12-10-18-11-13-19)16(20)9-6-14-4-7-15(21-3)8-5-14/h4-5,7-8,18H,6,9-13H2,1-3H3. The van der Waals surface area contributed by atoms with Crippen LogP contribution in [0.15, 0.2) is 24.3 Å². The van der Waals surface area contributed by atoms with E-state index in [-0.39, 0.29) is 5.54 Å². The minimum absolute atomic E-state index is 0.320. The van der Waals surface area contributed by atoms with E-state index in [2.05, 4.69) is 24.1 Å². The van der Waals surface area contributed by atoms with E-state index >= 15 is 0 Å². The Kier molecular flexibility index (Phi) is 5.37. The monoisotopic (exact) mass is 290 g/mol. The van der Waals surface area contributed by atoms with Crippen LogP contribution in [0.4, 0.5) is 0 Å². The summed E-state index contributed by atoms with van der Waals surface area (Å²) in [7, 11) is 1.66. The molecule has 1 aromatic carbocycles. The van der Waals surface area contributed by atoms with Gasteiger partial charge in [0.25, 0.3) is 0 Å². The molecule has 116 valence electrons. The van der Waals surface area contributed by atoms with Gasteiger partial charge < -0.3 is 10.1 Å². The predicted octanol–water partition coefficient (Wildman–Crippen LogP) is 1.88. The predicted molar refractivity (Wildman–Crippen MR) is 84.8 cm³/mol. The number of Topliss-reactive ketones (excluding diaryl/α,β-unsaturated/α-hetero) is 1. The summed E-state index contributed by atoms with van der Waals surface area (Å²) in [5, 5.41) is 3.33. The van der Waals surface area contributed by atoms with Crippen LogP contribution in [-0.4, -0.2) is 49.5 Å². The Morgan fingerprint density at radius 1 is 1.24 bits per heavy atom. The van der Waals surface area contributed by atoms with E-state index in [1.807, 2.05) is 24.3 Å². The Hall–Kier alpha value is -1.39. The maximum Gasteiger partial charge on any atom is 0.152 e. The number of hydrogen-bond acceptors (Lipinski definition) is 4. The van der Waals surface area contributed by atoms with Gasteiger partial charge in [-0.25, -0.2) is 0 Å². The van der Waals surface area contributed by atoms with Gasteiger partial charge in [-0.15, -0.1) is 0 Å². The van der Waals surface area contributed by atoms with Crippen molar-refractivity contribution in [2.45, 2.75) is 32.2 Å². The summed E-state index contributed by atoms with van der Waals surface area (Å²) in [5.74, 6) is 1.17. The zero-order valence-corrected chi connectivity index (χ0v) is 13.3. The van der Waals surface area contributed by atoms with Gasteiger partial charge in [-0.2, -0.15) is 0 Å². The SMILES string of the molecule is COc1ccc(CCC(=O)C(C)(C)N2CCNCC2)cc1. The molecule has 0 radical (unpaired) electrons. The van der Waals surface area contributed by atoms with Gasteiger partial charge in [-0.05, 0) is 38.0 Å². The van der Waals surface area contributed by atoms with Crippen LogP contribution in [-0.2, 0) is 11.2 Å². The maximum atomic E-state index is 12.6. The van der Waals surface area contributed by atoms with Gasteiger partial charge in [0, 0.05) is 32.6 Å². The van der Waals surface area contributed by atoms with Gasteiger partial charge in [-0.3, -0.25) is 9.69 Å². The normalized spacial score (nSPS) is 16.7. The molecular weight excluding hydrogens is 264 g/mol. The summed E-state index contributed by atoms with van der Waals surface area (Å²) in [6, 6.07) is 7.95. The molecule has 0 saturated carbocycles. The topological polar surface area (TPSA) is 41.6 Å². The molecule has 0 atom stereocenters. The average molecular weight is 290 g/mol. The quantitative estimate of drug-likeness (QED) is 0.868. The zero-order valence-electron chi connectivity index (χ0n) is 13.3. The van der Waals surface area contributed by atoms with Crippen LogP contribution in [0.5, 0.6) is 5.75 Å². The number of hydrogen-bond donors (Lipinski definition) is 1. The third-order valence-corrected chi connectivity index (χ3v) is 4.39. The lowest BCUT2D eigenvalue weighted by Crippen LogP contribution is -2.57. The lowest BCUT2D eigenvalue weighted by atomic mass is 9.91. The van der Waals surface area contributed by atoms with Gasteiger partial charge in [0.15, 0.2) is 5.78 Å². The molecule has 1 fully saturated rings. The summed E-state index contributed by atoms with van der Waals surface area (Å²) < 4.78 is 5.15. The van der Waals surface area contributed by atoms with Gasteiger partial charge in [-0.1, -0.05) is 12.1 Å². The summed E-state index contributed by atoms with van der Waals surface area (Å²) in [5.41, 5.74) is 0.814. The minimum Gasteiger partial charge on any atom is -0.497 e. The van der Waals surface area contributed by atoms with Crippen LogP contribution in [0, 0.1) is 0 Å². The number of carbonyl (C=O) groups is 1. The highest BCUT2D eigenvalue weighted by Gasteiger charge is 2.34. The largest absolute Gasteiger partial charge is 0.497 e. The first-order valence-corrected chi connectivity index (χ1v) is 7.66. The highest BCUT2D eigenvalue weighted by molar-refractivity contribution is 5.87. The summed E-state index contributed by atoms with van der Waals surface area (Å²) in [6.45, 7) is 7.93. The molecule has 1 aromatic rings. The Labute approximate surface area is 127 Å². The van der Waals surface area contributed by atoms with Crippen molar-refractivity contribution in [3.05, 3.63) is 29.8 Å². The van der Waals surface area contributed by atoms with Crippen molar-refractivity contribution in [3.8, 4) is 5.75 Å². The first-order chi connectivity index (χ1) is 10.0. The number of carbonyl (C=O) groups excluding carboxylic acids is 1. The van der Waals surface area contributed by atoms with Crippen molar-refractivity contribution in [1.82, 2.24) is 10.2 Å². The molecule has 1 aliphatic rings. The number of methoxy groups -OCH3 is 1. The Morgan fingerprint density at radius 2 is 1.86 bits per heavy atom. The molecular formula is C17H26N2O2. The van der Waals surface area contributed by atoms with Crippen molar-refractivity contribution in [3.63, 3.8) is 0 Å². The van der Waals surface area contributed by atoms with Crippen LogP contribution in [0.25, 0.3) is 0 Å². The number of ketones is 1. The average Bonchev–Trinajstić information content (AvgIpc) is 2.53. The minimum atomic E-state index is -0.366. The van der Waals surface area contributed by atoms with Crippen molar-refractivity contribution in [1.29, 1.82) is 0 Å². The molecule has 4 nitrogen and oxygen atoms in total. The van der Waals surface area contributed by atoms with E-state index in [0.29, 0.717) is 12.2 Å². The van der Waals surface area contributed by atoms with E-state index in [0.717, 1.165) is 38.3 Å². The van der Waals surface area contributed by atoms with E-state index in [1.165, 1.54) is 5.56 Å². The fourth-order valence-corrected chi connectivity index (χ4v) is 2.76. The first kappa shape index (κ1) is 16.0. The molecule has 4 heteroatoms. The fourth-order valence-electron chi connectivity index (χ4n) is 2.76. The van der Waals surface area contributed by atoms with Crippen LogP contribution in [0.2, 0.25) is 0 Å². The second-order valence-electron chi connectivity index (χ2n) is 6.07. The fraction of sp³-hybridized carbons (Fsp3) is 0.588. The van der Waals surface area contributed by atoms with Crippen molar-refractivity contribution in [2.75, 3.05) is 33.3 Å². The Bertz CT molecular complexity index is 462. The summed E-state index contributed by atoms with van der Waals surface area (Å²) in [4.78, 5) is 14.9. The molecule has 1 aliphatic heterocycles. The number of benzene rings is 1. The van der Waals surface area contributed by atoms with Crippen LogP contribution in [0.3, 0.4) is 0 Å². The molecule has 1 heterocycles. The van der Waals surface area contributed by atoms with Gasteiger partial charge >= 0.3 is 0 Å². The number of rotatable bonds is 6. The number of piperazine rings is 1. The van der Waals surface area contributed by atoms with E-state index in [9.17, 15) is 4.79 Å². The number of nitrogens with zero attached hydrogens (tertiary/aromatic N) is 1. The number of aryl methyl sites for hydroxylation is 1. The van der Waals surface area contributed by atoms with Crippen molar-refractivity contribution < 1.29 is 9.53 Å².